The van der Waals surface area contributed by atoms with E-state index in [1.807, 2.05) is 0 Å². The number of oxime groups is 1. The number of thiol groups is 1. The van der Waals surface area contributed by atoms with Crippen molar-refractivity contribution in [2.24, 2.45) is 12.2 Å². The molecule has 3 N–H and O–H groups in total. The van der Waals surface area contributed by atoms with Crippen LogP contribution in [-0.4, -0.2) is 91.0 Å². The van der Waals surface area contributed by atoms with Crippen molar-refractivity contribution in [1.82, 2.24) is 34.8 Å². The number of carbonyl (C=O) groups excluding carboxylic acids is 3. The van der Waals surface area contributed by atoms with E-state index in [4.69, 9.17) is 11.6 Å². The van der Waals surface area contributed by atoms with E-state index in [-0.39, 0.29) is 32.5 Å². The molecule has 3 amide bonds. The molecule has 3 atom stereocenters. The molecule has 0 radical (unpaired) electrons. The zero-order chi connectivity index (χ0) is 25.2. The van der Waals surface area contributed by atoms with Crippen molar-refractivity contribution in [2.75, 3.05) is 18.3 Å². The van der Waals surface area contributed by atoms with Gasteiger partial charge in [-0.15, -0.1) is 28.0 Å². The van der Waals surface area contributed by atoms with Crippen LogP contribution in [0.1, 0.15) is 16.8 Å². The Bertz CT molecular complexity index is 1250. The second-order valence-electron chi connectivity index (χ2n) is 6.50. The number of hydrogen-bond acceptors (Lipinski definition) is 13. The van der Waals surface area contributed by atoms with E-state index in [0.29, 0.717) is 0 Å². The Morgan fingerprint density at radius 2 is 2.18 bits per heavy atom. The predicted molar refractivity (Wildman–Crippen MR) is 120 cm³/mol. The van der Waals surface area contributed by atoms with Crippen molar-refractivity contribution in [3.05, 3.63) is 16.9 Å². The molecule has 1 aliphatic rings. The lowest BCUT2D eigenvalue weighted by molar-refractivity contribution is -0.144. The van der Waals surface area contributed by atoms with Gasteiger partial charge in [-0.05, 0) is 10.4 Å². The third kappa shape index (κ3) is 5.12. The lowest BCUT2D eigenvalue weighted by atomic mass is 9.94. The normalized spacial score (nSPS) is 19.4. The maximum absolute atomic E-state index is 12.9. The highest BCUT2D eigenvalue weighted by Crippen LogP contribution is 2.36. The Balaban J connectivity index is 1.87. The Morgan fingerprint density at radius 3 is 2.74 bits per heavy atom. The topological polar surface area (TPSA) is 211 Å². The lowest BCUT2D eigenvalue weighted by Crippen LogP contribution is -2.73. The number of anilines is 1. The molecule has 3 heterocycles. The van der Waals surface area contributed by atoms with Crippen LogP contribution in [0.25, 0.3) is 0 Å². The molecule has 0 aliphatic carbocycles. The highest BCUT2D eigenvalue weighted by Gasteiger charge is 2.57. The summed E-state index contributed by atoms with van der Waals surface area (Å²) >= 11 is 10.7. The first kappa shape index (κ1) is 25.7. The lowest BCUT2D eigenvalue weighted by Gasteiger charge is -2.46. The van der Waals surface area contributed by atoms with Gasteiger partial charge in [0, 0.05) is 12.4 Å². The number of nitrogens with one attached hydrogen (secondary N) is 2. The first-order chi connectivity index (χ1) is 16.0. The summed E-state index contributed by atoms with van der Waals surface area (Å²) in [6.07, 6.45) is 0. The molecule has 1 saturated heterocycles. The van der Waals surface area contributed by atoms with E-state index in [1.165, 1.54) is 17.1 Å². The number of thiazole rings is 1. The summed E-state index contributed by atoms with van der Waals surface area (Å²) in [5, 5.41) is 19.5. The Hall–Kier alpha value is -2.87. The molecule has 2 aromatic heterocycles. The van der Waals surface area contributed by atoms with Gasteiger partial charge in [0.15, 0.2) is 16.7 Å². The molecule has 0 saturated carbocycles. The SMILES string of the molecule is CO/N=C(\C(=O)NC1C(=O)N(S(=O)(=O)O)C1C(S)c1nnnn1C)c1csc(NC(=O)CCl)n1. The zero-order valence-electron chi connectivity index (χ0n) is 17.2. The fourth-order valence-corrected chi connectivity index (χ4v) is 5.23. The average Bonchev–Trinajstić information content (AvgIpc) is 3.40. The second kappa shape index (κ2) is 10.2. The van der Waals surface area contributed by atoms with Crippen LogP contribution in [0.2, 0.25) is 0 Å². The number of β-lactam (4-membered cyclic amide) rings is 1. The molecule has 1 fully saturated rings. The fraction of sp³-hybridized carbons (Fsp3) is 0.429. The number of tetrazole rings is 1. The Morgan fingerprint density at radius 1 is 1.47 bits per heavy atom. The summed E-state index contributed by atoms with van der Waals surface area (Å²) in [7, 11) is -2.37. The van der Waals surface area contributed by atoms with Crippen LogP contribution >= 0.6 is 35.6 Å². The van der Waals surface area contributed by atoms with E-state index in [0.717, 1.165) is 18.4 Å². The van der Waals surface area contributed by atoms with Crippen molar-refractivity contribution < 1.29 is 32.2 Å². The second-order valence-corrected chi connectivity index (χ2v) is 9.47. The van der Waals surface area contributed by atoms with Crippen LogP contribution < -0.4 is 10.6 Å². The van der Waals surface area contributed by atoms with Gasteiger partial charge < -0.3 is 15.5 Å². The average molecular weight is 554 g/mol. The number of hydrogen-bond donors (Lipinski definition) is 4. The third-order valence-corrected chi connectivity index (χ3v) is 6.84. The van der Waals surface area contributed by atoms with E-state index >= 15 is 0 Å². The van der Waals surface area contributed by atoms with Crippen LogP contribution in [0, 0.1) is 0 Å². The number of carbonyl (C=O) groups is 3. The van der Waals surface area contributed by atoms with Crippen LogP contribution in [0.4, 0.5) is 5.13 Å². The highest BCUT2D eigenvalue weighted by atomic mass is 35.5. The molecule has 184 valence electrons. The summed E-state index contributed by atoms with van der Waals surface area (Å²) in [4.78, 5) is 45.6. The van der Waals surface area contributed by atoms with Crippen LogP contribution in [0.15, 0.2) is 10.5 Å². The van der Waals surface area contributed by atoms with Gasteiger partial charge in [-0.3, -0.25) is 18.9 Å². The van der Waals surface area contributed by atoms with Gasteiger partial charge in [-0.2, -0.15) is 21.0 Å². The fourth-order valence-electron chi connectivity index (χ4n) is 2.95. The van der Waals surface area contributed by atoms with Crippen molar-refractivity contribution in [2.45, 2.75) is 17.3 Å². The number of halogens is 1. The molecule has 0 aromatic carbocycles. The first-order valence-corrected chi connectivity index (χ1v) is 12.3. The summed E-state index contributed by atoms with van der Waals surface area (Å²) in [5.41, 5.74) is -0.387. The molecule has 1 aliphatic heterocycles. The zero-order valence-corrected chi connectivity index (χ0v) is 20.5. The number of nitrogens with zero attached hydrogens (tertiary/aromatic N) is 7. The van der Waals surface area contributed by atoms with Crippen molar-refractivity contribution in [1.29, 1.82) is 0 Å². The van der Waals surface area contributed by atoms with Crippen LogP contribution in [0.3, 0.4) is 0 Å². The summed E-state index contributed by atoms with van der Waals surface area (Å²) in [6.45, 7) is 0. The van der Waals surface area contributed by atoms with Crippen molar-refractivity contribution in [3.8, 4) is 0 Å². The Labute approximate surface area is 206 Å². The molecule has 0 spiro atoms. The summed E-state index contributed by atoms with van der Waals surface area (Å²) in [5.74, 6) is -2.85. The molecule has 3 unspecified atom stereocenters. The smallest absolute Gasteiger partial charge is 0.362 e. The maximum atomic E-state index is 12.9. The molecule has 20 heteroatoms. The first-order valence-electron chi connectivity index (χ1n) is 8.94. The van der Waals surface area contributed by atoms with Gasteiger partial charge in [0.1, 0.15) is 24.7 Å². The van der Waals surface area contributed by atoms with Crippen molar-refractivity contribution in [3.63, 3.8) is 0 Å². The monoisotopic (exact) mass is 553 g/mol. The van der Waals surface area contributed by atoms with E-state index in [1.54, 1.807) is 0 Å². The number of amides is 3. The maximum Gasteiger partial charge on any atom is 0.362 e. The molecular weight excluding hydrogens is 538 g/mol. The molecule has 2 aromatic rings. The summed E-state index contributed by atoms with van der Waals surface area (Å²) in [6, 6.07) is -2.83. The standard InChI is InChI=1S/C14H16ClN9O7S3/c1-23-11(19-21-22-23)10(32)9-8(13(27)24(9)34(28,29)30)18-12(26)7(20-31-2)5-4-33-14(16-5)17-6(25)3-15/h4,8-10,32H,3H2,1-2H3,(H,18,26)(H,16,17,25)(H,28,29,30)/b20-7-. The third-order valence-electron chi connectivity index (χ3n) is 4.38. The number of aryl methyl sites for hydroxylation is 1. The van der Waals surface area contributed by atoms with Crippen LogP contribution in [0.5, 0.6) is 0 Å². The molecule has 34 heavy (non-hydrogen) atoms. The van der Waals surface area contributed by atoms with E-state index < -0.39 is 45.4 Å². The number of rotatable bonds is 9. The molecular formula is C14H16ClN9O7S3. The minimum atomic E-state index is -4.99. The minimum absolute atomic E-state index is 0.0101. The molecule has 3 rings (SSSR count). The van der Waals surface area contributed by atoms with Gasteiger partial charge in [-0.25, -0.2) is 14.0 Å². The van der Waals surface area contributed by atoms with Gasteiger partial charge >= 0.3 is 10.3 Å². The predicted octanol–water partition coefficient (Wildman–Crippen LogP) is -1.64. The summed E-state index contributed by atoms with van der Waals surface area (Å²) < 4.78 is 34.4. The van der Waals surface area contributed by atoms with E-state index in [2.05, 4.69) is 53.8 Å². The van der Waals surface area contributed by atoms with Gasteiger partial charge in [0.2, 0.25) is 5.91 Å². The Kier molecular flexibility index (Phi) is 7.70. The van der Waals surface area contributed by atoms with Crippen molar-refractivity contribution >= 4 is 74.4 Å². The quantitative estimate of drug-likeness (QED) is 0.0690. The van der Waals surface area contributed by atoms with Gasteiger partial charge in [0.05, 0.1) is 11.3 Å². The number of alkyl halides is 1. The van der Waals surface area contributed by atoms with Crippen LogP contribution in [-0.2, 0) is 36.6 Å². The number of aromatic nitrogens is 5. The van der Waals surface area contributed by atoms with E-state index in [9.17, 15) is 27.4 Å². The molecule has 0 bridgehead atoms. The highest BCUT2D eigenvalue weighted by molar-refractivity contribution is 7.84. The van der Waals surface area contributed by atoms with Gasteiger partial charge in [-0.1, -0.05) is 5.16 Å². The molecule has 16 nitrogen and oxygen atoms in total. The minimum Gasteiger partial charge on any atom is -0.398 e. The van der Waals surface area contributed by atoms with Gasteiger partial charge in [0.25, 0.3) is 11.8 Å². The largest absolute Gasteiger partial charge is 0.398 e.